The van der Waals surface area contributed by atoms with Crippen LogP contribution in [0, 0.1) is 0 Å². The molecule has 2 aromatic carbocycles. The van der Waals surface area contributed by atoms with Gasteiger partial charge in [0.05, 0.1) is 25.2 Å². The van der Waals surface area contributed by atoms with Crippen LogP contribution in [0.5, 0.6) is 11.5 Å². The molecule has 1 amide bonds. The average Bonchev–Trinajstić information content (AvgIpc) is 2.58. The maximum atomic E-state index is 11.2. The van der Waals surface area contributed by atoms with Crippen molar-refractivity contribution in [3.63, 3.8) is 0 Å². The second kappa shape index (κ2) is 8.33. The van der Waals surface area contributed by atoms with Crippen molar-refractivity contribution in [1.82, 2.24) is 5.32 Å². The number of ether oxygens (including phenoxy) is 2. The highest BCUT2D eigenvalue weighted by molar-refractivity contribution is 5.73. The fraction of sp³-hybridized carbons (Fsp3) is 0.409. The van der Waals surface area contributed by atoms with Crippen molar-refractivity contribution in [3.05, 3.63) is 54.1 Å². The Hall–Kier alpha value is -2.69. The lowest BCUT2D eigenvalue weighted by atomic mass is 10.1. The summed E-state index contributed by atoms with van der Waals surface area (Å²) in [5.41, 5.74) is 2.28. The smallest absolute Gasteiger partial charge is 0.217 e. The number of anilines is 1. The lowest BCUT2D eigenvalue weighted by Gasteiger charge is -2.40. The zero-order valence-corrected chi connectivity index (χ0v) is 16.4. The topological polar surface area (TPSA) is 50.8 Å². The third kappa shape index (κ3) is 5.16. The zero-order valence-electron chi connectivity index (χ0n) is 16.4. The van der Waals surface area contributed by atoms with Crippen LogP contribution in [0.2, 0.25) is 0 Å². The number of carbonyl (C=O) groups excluding carboxylic acids is 1. The van der Waals surface area contributed by atoms with Gasteiger partial charge in [-0.05, 0) is 62.7 Å². The van der Waals surface area contributed by atoms with Gasteiger partial charge < -0.3 is 19.7 Å². The molecule has 0 saturated carbocycles. The Bertz CT molecular complexity index is 750. The molecule has 5 nitrogen and oxygen atoms in total. The first kappa shape index (κ1) is 19.1. The van der Waals surface area contributed by atoms with E-state index in [4.69, 9.17) is 9.47 Å². The van der Waals surface area contributed by atoms with E-state index < -0.39 is 0 Å². The third-order valence-corrected chi connectivity index (χ3v) is 4.52. The number of hydrogen-bond acceptors (Lipinski definition) is 4. The van der Waals surface area contributed by atoms with Crippen molar-refractivity contribution in [3.8, 4) is 11.5 Å². The number of rotatable bonds is 7. The van der Waals surface area contributed by atoms with Crippen LogP contribution in [0.25, 0.3) is 0 Å². The van der Waals surface area contributed by atoms with Gasteiger partial charge in [-0.15, -0.1) is 0 Å². The van der Waals surface area contributed by atoms with Gasteiger partial charge in [-0.1, -0.05) is 12.1 Å². The highest BCUT2D eigenvalue weighted by Crippen LogP contribution is 2.27. The molecule has 0 radical (unpaired) electrons. The predicted molar refractivity (Wildman–Crippen MR) is 108 cm³/mol. The lowest BCUT2D eigenvalue weighted by Crippen LogP contribution is -2.54. The SMILES string of the molecule is CC(=O)N[C@@H](C)c1ccc(N2CC(Oc3ccc(OC(C)C)cc3)C2)cc1. The number of carbonyl (C=O) groups is 1. The van der Waals surface area contributed by atoms with E-state index >= 15 is 0 Å². The summed E-state index contributed by atoms with van der Waals surface area (Å²) in [5, 5.41) is 2.90. The molecule has 0 aromatic heterocycles. The van der Waals surface area contributed by atoms with Crippen molar-refractivity contribution >= 4 is 11.6 Å². The normalized spacial score (nSPS) is 15.2. The fourth-order valence-corrected chi connectivity index (χ4v) is 3.15. The van der Waals surface area contributed by atoms with Crippen molar-refractivity contribution in [1.29, 1.82) is 0 Å². The van der Waals surface area contributed by atoms with E-state index in [0.717, 1.165) is 30.2 Å². The molecular formula is C22H28N2O3. The number of hydrogen-bond donors (Lipinski definition) is 1. The van der Waals surface area contributed by atoms with E-state index in [0.29, 0.717) is 0 Å². The van der Waals surface area contributed by atoms with Crippen molar-refractivity contribution in [2.75, 3.05) is 18.0 Å². The monoisotopic (exact) mass is 368 g/mol. The average molecular weight is 368 g/mol. The minimum Gasteiger partial charge on any atom is -0.491 e. The largest absolute Gasteiger partial charge is 0.491 e. The quantitative estimate of drug-likeness (QED) is 0.804. The van der Waals surface area contributed by atoms with Crippen LogP contribution in [-0.2, 0) is 4.79 Å². The van der Waals surface area contributed by atoms with E-state index in [1.165, 1.54) is 12.6 Å². The Balaban J connectivity index is 1.48. The molecule has 5 heteroatoms. The Labute approximate surface area is 161 Å². The van der Waals surface area contributed by atoms with Crippen LogP contribution >= 0.6 is 0 Å². The summed E-state index contributed by atoms with van der Waals surface area (Å²) >= 11 is 0. The molecule has 0 aliphatic carbocycles. The van der Waals surface area contributed by atoms with Gasteiger partial charge in [0.1, 0.15) is 17.6 Å². The molecule has 1 atom stereocenters. The predicted octanol–water partition coefficient (Wildman–Crippen LogP) is 3.94. The van der Waals surface area contributed by atoms with Gasteiger partial charge in [-0.3, -0.25) is 4.79 Å². The third-order valence-electron chi connectivity index (χ3n) is 4.52. The molecule has 1 aliphatic rings. The minimum absolute atomic E-state index is 0.0156. The molecule has 2 aromatic rings. The first-order chi connectivity index (χ1) is 12.9. The summed E-state index contributed by atoms with van der Waals surface area (Å²) in [5.74, 6) is 1.72. The summed E-state index contributed by atoms with van der Waals surface area (Å²) in [4.78, 5) is 13.5. The van der Waals surface area contributed by atoms with Gasteiger partial charge >= 0.3 is 0 Å². The second-order valence-corrected chi connectivity index (χ2v) is 7.30. The minimum atomic E-state index is -0.0156. The highest BCUT2D eigenvalue weighted by Gasteiger charge is 2.28. The van der Waals surface area contributed by atoms with Crippen LogP contribution in [0.3, 0.4) is 0 Å². The van der Waals surface area contributed by atoms with Crippen molar-refractivity contribution in [2.45, 2.75) is 45.9 Å². The summed E-state index contributed by atoms with van der Waals surface area (Å²) in [7, 11) is 0. The number of benzene rings is 2. The van der Waals surface area contributed by atoms with Gasteiger partial charge in [0.2, 0.25) is 5.91 Å². The Morgan fingerprint density at radius 1 is 1.00 bits per heavy atom. The summed E-state index contributed by atoms with van der Waals surface area (Å²) in [6.45, 7) is 9.29. The number of amides is 1. The molecule has 0 bridgehead atoms. The Morgan fingerprint density at radius 3 is 2.15 bits per heavy atom. The van der Waals surface area contributed by atoms with Crippen molar-refractivity contribution in [2.24, 2.45) is 0 Å². The molecular weight excluding hydrogens is 340 g/mol. The van der Waals surface area contributed by atoms with Gasteiger partial charge in [0.15, 0.2) is 0 Å². The molecule has 144 valence electrons. The first-order valence-electron chi connectivity index (χ1n) is 9.46. The molecule has 1 fully saturated rings. The van der Waals surface area contributed by atoms with Gasteiger partial charge in [0, 0.05) is 12.6 Å². The molecule has 27 heavy (non-hydrogen) atoms. The maximum Gasteiger partial charge on any atom is 0.217 e. The fourth-order valence-electron chi connectivity index (χ4n) is 3.15. The molecule has 1 heterocycles. The number of nitrogens with one attached hydrogen (secondary N) is 1. The van der Waals surface area contributed by atoms with Gasteiger partial charge in [0.25, 0.3) is 0 Å². The molecule has 1 N–H and O–H groups in total. The van der Waals surface area contributed by atoms with Gasteiger partial charge in [-0.25, -0.2) is 0 Å². The number of nitrogens with zero attached hydrogens (tertiary/aromatic N) is 1. The summed E-state index contributed by atoms with van der Waals surface area (Å²) in [6, 6.07) is 16.2. The zero-order chi connectivity index (χ0) is 19.4. The van der Waals surface area contributed by atoms with Crippen LogP contribution < -0.4 is 19.7 Å². The molecule has 0 unspecified atom stereocenters. The van der Waals surface area contributed by atoms with E-state index in [2.05, 4.69) is 34.5 Å². The summed E-state index contributed by atoms with van der Waals surface area (Å²) in [6.07, 6.45) is 0.365. The van der Waals surface area contributed by atoms with E-state index in [9.17, 15) is 4.79 Å². The molecule has 1 aliphatic heterocycles. The van der Waals surface area contributed by atoms with E-state index in [1.807, 2.05) is 45.0 Å². The van der Waals surface area contributed by atoms with Crippen LogP contribution in [0.15, 0.2) is 48.5 Å². The highest BCUT2D eigenvalue weighted by atomic mass is 16.5. The van der Waals surface area contributed by atoms with Crippen LogP contribution in [0.1, 0.15) is 39.3 Å². The standard InChI is InChI=1S/C22H28N2O3/c1-15(2)26-20-9-11-21(12-10-20)27-22-13-24(14-22)19-7-5-18(6-8-19)16(3)23-17(4)25/h5-12,15-16,22H,13-14H2,1-4H3,(H,23,25)/t16-/m0/s1. The maximum absolute atomic E-state index is 11.2. The first-order valence-corrected chi connectivity index (χ1v) is 9.46. The Kier molecular flexibility index (Phi) is 5.89. The Morgan fingerprint density at radius 2 is 1.59 bits per heavy atom. The van der Waals surface area contributed by atoms with E-state index in [-0.39, 0.29) is 24.2 Å². The van der Waals surface area contributed by atoms with Gasteiger partial charge in [-0.2, -0.15) is 0 Å². The molecule has 3 rings (SSSR count). The molecule has 0 spiro atoms. The van der Waals surface area contributed by atoms with Crippen molar-refractivity contribution < 1.29 is 14.3 Å². The van der Waals surface area contributed by atoms with Crippen LogP contribution in [0.4, 0.5) is 5.69 Å². The van der Waals surface area contributed by atoms with E-state index in [1.54, 1.807) is 0 Å². The lowest BCUT2D eigenvalue weighted by molar-refractivity contribution is -0.119. The van der Waals surface area contributed by atoms with Crippen LogP contribution in [-0.4, -0.2) is 31.2 Å². The molecule has 1 saturated heterocycles. The summed E-state index contributed by atoms with van der Waals surface area (Å²) < 4.78 is 11.7. The second-order valence-electron chi connectivity index (χ2n) is 7.30.